The highest BCUT2D eigenvalue weighted by Crippen LogP contribution is 2.42. The van der Waals surface area contributed by atoms with E-state index in [1.165, 1.54) is 23.5 Å². The van der Waals surface area contributed by atoms with Gasteiger partial charge in [-0.05, 0) is 108 Å². The van der Waals surface area contributed by atoms with Gasteiger partial charge in [-0.3, -0.25) is 24.0 Å². The Bertz CT molecular complexity index is 2850. The van der Waals surface area contributed by atoms with Crippen molar-refractivity contribution < 1.29 is 24.0 Å². The molecule has 0 radical (unpaired) electrons. The third-order valence-electron chi connectivity index (χ3n) is 11.7. The van der Waals surface area contributed by atoms with E-state index >= 15 is 0 Å². The number of pyridine rings is 1. The van der Waals surface area contributed by atoms with Crippen molar-refractivity contribution in [3.8, 4) is 0 Å². The Morgan fingerprint density at radius 3 is 2.58 bits per heavy atom. The monoisotopic (exact) mass is 912 g/mol. The van der Waals surface area contributed by atoms with Crippen molar-refractivity contribution >= 4 is 112 Å². The zero-order valence-corrected chi connectivity index (χ0v) is 38.3. The SMILES string of the molecule is C=CC(=O)N(C1CCCC1NC(=O)c1ccc2sc(C)c(NCC(C)NC=O)c2c1)[C@@H]1CNc2c(sc3ccc4nc(Nc5ccccc5NC(=O)/C=C/CN(C)C)ccc4c23)C(=O)N1. The van der Waals surface area contributed by atoms with Crippen LogP contribution in [0.15, 0.2) is 91.5 Å². The lowest BCUT2D eigenvalue weighted by molar-refractivity contribution is -0.131. The third kappa shape index (κ3) is 9.67. The number of fused-ring (bicyclic) bond motifs is 6. The molecule has 7 N–H and O–H groups in total. The van der Waals surface area contributed by atoms with Gasteiger partial charge in [0, 0.05) is 67.2 Å². The van der Waals surface area contributed by atoms with E-state index in [9.17, 15) is 24.0 Å². The fraction of sp³-hybridized carbons (Fsp3) is 0.292. The van der Waals surface area contributed by atoms with Crippen LogP contribution in [0.5, 0.6) is 0 Å². The Hall–Kier alpha value is -6.82. The summed E-state index contributed by atoms with van der Waals surface area (Å²) in [7, 11) is 3.87. The molecule has 17 heteroatoms. The van der Waals surface area contributed by atoms with Crippen molar-refractivity contribution in [2.24, 2.45) is 0 Å². The highest BCUT2D eigenvalue weighted by molar-refractivity contribution is 7.22. The summed E-state index contributed by atoms with van der Waals surface area (Å²) in [5.41, 5.74) is 4.08. The number of aryl methyl sites for hydroxylation is 1. The van der Waals surface area contributed by atoms with Gasteiger partial charge in [-0.2, -0.15) is 0 Å². The molecule has 65 heavy (non-hydrogen) atoms. The van der Waals surface area contributed by atoms with Crippen LogP contribution in [0.4, 0.5) is 28.6 Å². The molecule has 3 aromatic carbocycles. The summed E-state index contributed by atoms with van der Waals surface area (Å²) >= 11 is 3.00. The van der Waals surface area contributed by atoms with Crippen LogP contribution in [0, 0.1) is 6.92 Å². The molecule has 5 amide bonds. The third-order valence-corrected chi connectivity index (χ3v) is 13.9. The fourth-order valence-electron chi connectivity index (χ4n) is 8.58. The van der Waals surface area contributed by atoms with Gasteiger partial charge in [0.1, 0.15) is 16.9 Å². The summed E-state index contributed by atoms with van der Waals surface area (Å²) in [6.45, 7) is 9.11. The summed E-state index contributed by atoms with van der Waals surface area (Å²) in [6, 6.07) is 19.9. The molecule has 0 saturated heterocycles. The molecule has 8 rings (SSSR count). The van der Waals surface area contributed by atoms with Crippen LogP contribution in [0.1, 0.15) is 51.1 Å². The number of aromatic nitrogens is 1. The molecule has 1 saturated carbocycles. The number of likely N-dealkylation sites (N-methyl/N-ethyl adjacent to an activating group) is 1. The molecular formula is C48H52N10O5S2. The quantitative estimate of drug-likeness (QED) is 0.0388. The highest BCUT2D eigenvalue weighted by atomic mass is 32.1. The van der Waals surface area contributed by atoms with Gasteiger partial charge in [-0.1, -0.05) is 24.8 Å². The number of benzene rings is 3. The maximum absolute atomic E-state index is 14.1. The van der Waals surface area contributed by atoms with Crippen molar-refractivity contribution in [1.82, 2.24) is 30.7 Å². The predicted molar refractivity (Wildman–Crippen MR) is 263 cm³/mol. The van der Waals surface area contributed by atoms with Gasteiger partial charge >= 0.3 is 0 Å². The lowest BCUT2D eigenvalue weighted by Gasteiger charge is -2.38. The molecular weight excluding hydrogens is 861 g/mol. The van der Waals surface area contributed by atoms with Crippen molar-refractivity contribution in [2.75, 3.05) is 55.0 Å². The zero-order valence-electron chi connectivity index (χ0n) is 36.6. The van der Waals surface area contributed by atoms with Gasteiger partial charge in [0.2, 0.25) is 18.2 Å². The second-order valence-electron chi connectivity index (χ2n) is 16.5. The fourth-order valence-corrected chi connectivity index (χ4v) is 10.7. The number of carbonyl (C=O) groups is 5. The van der Waals surface area contributed by atoms with Crippen LogP contribution >= 0.6 is 22.7 Å². The molecule has 1 aliphatic carbocycles. The van der Waals surface area contributed by atoms with E-state index in [1.807, 2.05) is 99.6 Å². The smallest absolute Gasteiger partial charge is 0.265 e. The van der Waals surface area contributed by atoms with Gasteiger partial charge in [-0.25, -0.2) is 4.98 Å². The lowest BCUT2D eigenvalue weighted by atomic mass is 10.1. The first-order chi connectivity index (χ1) is 31.4. The Kier molecular flexibility index (Phi) is 13.4. The van der Waals surface area contributed by atoms with Gasteiger partial charge in [0.25, 0.3) is 11.8 Å². The number of para-hydroxylation sites is 2. The number of amides is 5. The molecule has 3 unspecified atom stereocenters. The number of nitrogens with one attached hydrogen (secondary N) is 7. The number of rotatable bonds is 16. The number of hydrogen-bond donors (Lipinski definition) is 7. The second kappa shape index (κ2) is 19.5. The molecule has 0 spiro atoms. The first kappa shape index (κ1) is 44.8. The normalized spacial score (nSPS) is 17.6. The highest BCUT2D eigenvalue weighted by Gasteiger charge is 2.41. The first-order valence-electron chi connectivity index (χ1n) is 21.5. The van der Waals surface area contributed by atoms with E-state index in [1.54, 1.807) is 22.3 Å². The van der Waals surface area contributed by atoms with Gasteiger partial charge in [0.15, 0.2) is 0 Å². The molecule has 1 fully saturated rings. The minimum Gasteiger partial charge on any atom is -0.382 e. The minimum atomic E-state index is -0.743. The number of carbonyl (C=O) groups excluding carboxylic acids is 5. The molecule has 2 aliphatic rings. The minimum absolute atomic E-state index is 0.0808. The van der Waals surface area contributed by atoms with Crippen molar-refractivity contribution in [3.63, 3.8) is 0 Å². The summed E-state index contributed by atoms with van der Waals surface area (Å²) < 4.78 is 1.94. The van der Waals surface area contributed by atoms with E-state index in [4.69, 9.17) is 4.98 Å². The number of hydrogen-bond acceptors (Lipinski definition) is 12. The van der Waals surface area contributed by atoms with Gasteiger partial charge < -0.3 is 47.0 Å². The molecule has 336 valence electrons. The van der Waals surface area contributed by atoms with Crippen LogP contribution in [-0.2, 0) is 14.4 Å². The lowest BCUT2D eigenvalue weighted by Crippen LogP contribution is -2.60. The average molecular weight is 913 g/mol. The second-order valence-corrected chi connectivity index (χ2v) is 18.8. The van der Waals surface area contributed by atoms with Crippen molar-refractivity contribution in [3.05, 3.63) is 107 Å². The van der Waals surface area contributed by atoms with Crippen molar-refractivity contribution in [1.29, 1.82) is 0 Å². The van der Waals surface area contributed by atoms with Gasteiger partial charge in [-0.15, -0.1) is 22.7 Å². The maximum atomic E-state index is 14.1. The van der Waals surface area contributed by atoms with Gasteiger partial charge in [0.05, 0.1) is 40.9 Å². The largest absolute Gasteiger partial charge is 0.382 e. The summed E-state index contributed by atoms with van der Waals surface area (Å²) in [4.78, 5) is 75.6. The molecule has 3 aromatic heterocycles. The van der Waals surface area contributed by atoms with E-state index in [-0.39, 0.29) is 42.3 Å². The average Bonchev–Trinajstić information content (AvgIpc) is 3.96. The molecule has 1 aliphatic heterocycles. The first-order valence-corrected chi connectivity index (χ1v) is 23.2. The predicted octanol–water partition coefficient (Wildman–Crippen LogP) is 7.17. The Morgan fingerprint density at radius 1 is 1.00 bits per heavy atom. The van der Waals surface area contributed by atoms with Crippen LogP contribution in [0.25, 0.3) is 31.1 Å². The van der Waals surface area contributed by atoms with Crippen LogP contribution in [0.2, 0.25) is 0 Å². The van der Waals surface area contributed by atoms with E-state index in [2.05, 4.69) is 43.8 Å². The number of anilines is 5. The van der Waals surface area contributed by atoms with E-state index in [0.29, 0.717) is 71.2 Å². The molecule has 4 atom stereocenters. The topological polar surface area (TPSA) is 189 Å². The summed E-state index contributed by atoms with van der Waals surface area (Å²) in [5, 5.41) is 25.0. The van der Waals surface area contributed by atoms with Crippen LogP contribution in [-0.4, -0.2) is 103 Å². The standard InChI is InChI=1S/C48H52N10O5S2/c1-6-42(61)58(36-14-9-13-35(36)55-47(62)29-16-19-37-31(23-29)44(28(3)64-37)49-24-27(2)51-26-59)40-25-50-45-43-30-17-21-39(52-32(30)18-20-38(43)65-46(45)48(63)56-40)53-33-11-7-8-12-34(33)54-41(60)15-10-22-57(4)5/h6-8,10-12,15-21,23,26-27,35-36,40,49-50H,1,9,13-14,22,24-25H2,2-5H3,(H,51,59)(H,52,53)(H,54,60)(H,55,62)(H,56,63)/b15-10+/t27?,35?,36?,40-/m1/s1. The zero-order chi connectivity index (χ0) is 45.8. The number of nitrogens with zero attached hydrogens (tertiary/aromatic N) is 3. The summed E-state index contributed by atoms with van der Waals surface area (Å²) in [6.07, 6.45) is 6.57. The Balaban J connectivity index is 0.998. The number of thiophene rings is 2. The Labute approximate surface area is 384 Å². The van der Waals surface area contributed by atoms with E-state index < -0.39 is 12.2 Å². The molecule has 0 bridgehead atoms. The Morgan fingerprint density at radius 2 is 1.80 bits per heavy atom. The molecule has 6 aromatic rings. The van der Waals surface area contributed by atoms with E-state index in [0.717, 1.165) is 42.5 Å². The molecule has 15 nitrogen and oxygen atoms in total. The van der Waals surface area contributed by atoms with Crippen LogP contribution in [0.3, 0.4) is 0 Å². The molecule has 4 heterocycles. The van der Waals surface area contributed by atoms with Crippen LogP contribution < -0.4 is 37.2 Å². The maximum Gasteiger partial charge on any atom is 0.265 e. The summed E-state index contributed by atoms with van der Waals surface area (Å²) in [5.74, 6) is -0.581. The van der Waals surface area contributed by atoms with Crippen molar-refractivity contribution in [2.45, 2.75) is 57.4 Å².